The summed E-state index contributed by atoms with van der Waals surface area (Å²) in [4.78, 5) is 48.9. The van der Waals surface area contributed by atoms with Crippen LogP contribution in [0.2, 0.25) is 0 Å². The summed E-state index contributed by atoms with van der Waals surface area (Å²) in [5, 5.41) is -4.17. The van der Waals surface area contributed by atoms with Crippen LogP contribution in [0.4, 0.5) is 0 Å². The van der Waals surface area contributed by atoms with Crippen molar-refractivity contribution in [2.75, 3.05) is 52.9 Å². The first kappa shape index (κ1) is 57.6. The largest absolute Gasteiger partial charge is 0.466 e. The Kier molecular flexibility index (Phi) is 36.8. The molecule has 0 aromatic carbocycles. The predicted octanol–water partition coefficient (Wildman–Crippen LogP) is 7.89. The maximum atomic E-state index is 12.3. The lowest BCUT2D eigenvalue weighted by molar-refractivity contribution is -0.151. The Balaban J connectivity index is 3.99. The second-order valence-electron chi connectivity index (χ2n) is 15.2. The van der Waals surface area contributed by atoms with Gasteiger partial charge in [0, 0.05) is 13.2 Å². The van der Waals surface area contributed by atoms with Gasteiger partial charge in [0.1, 0.15) is 13.2 Å². The Bertz CT molecular complexity index is 1220. The van der Waals surface area contributed by atoms with Crippen LogP contribution in [0.5, 0.6) is 0 Å². The van der Waals surface area contributed by atoms with Crippen LogP contribution in [-0.2, 0) is 67.8 Å². The van der Waals surface area contributed by atoms with Crippen molar-refractivity contribution in [3.63, 3.8) is 0 Å². The SMILES string of the molecule is CCCCCCCCCCCCOC(=O)CC(C(=O)OCCOCCCCCCOCCOC(=O)C(CC(=O)OCCCCCCCCCCCC)S(=O)(=O)O)S(=O)(=O)O. The van der Waals surface area contributed by atoms with Crippen LogP contribution < -0.4 is 0 Å². The van der Waals surface area contributed by atoms with E-state index in [1.807, 2.05) is 0 Å². The van der Waals surface area contributed by atoms with E-state index in [2.05, 4.69) is 13.8 Å². The van der Waals surface area contributed by atoms with Crippen molar-refractivity contribution < 1.29 is 73.5 Å². The molecule has 18 heteroatoms. The van der Waals surface area contributed by atoms with Crippen LogP contribution in [0, 0.1) is 0 Å². The van der Waals surface area contributed by atoms with E-state index < -0.39 is 67.5 Å². The first-order valence-electron chi connectivity index (χ1n) is 22.5. The molecule has 2 unspecified atom stereocenters. The van der Waals surface area contributed by atoms with E-state index in [4.69, 9.17) is 28.4 Å². The van der Waals surface area contributed by atoms with Crippen molar-refractivity contribution in [3.05, 3.63) is 0 Å². The average molecular weight is 903 g/mol. The van der Waals surface area contributed by atoms with Crippen LogP contribution in [-0.4, -0.2) is 113 Å². The molecule has 0 heterocycles. The highest BCUT2D eigenvalue weighted by molar-refractivity contribution is 7.87. The van der Waals surface area contributed by atoms with E-state index >= 15 is 0 Å². The van der Waals surface area contributed by atoms with E-state index in [0.29, 0.717) is 38.9 Å². The zero-order chi connectivity index (χ0) is 44.7. The minimum absolute atomic E-state index is 0.0199. The maximum Gasteiger partial charge on any atom is 0.327 e. The molecule has 0 aliphatic rings. The van der Waals surface area contributed by atoms with E-state index in [0.717, 1.165) is 51.4 Å². The summed E-state index contributed by atoms with van der Waals surface area (Å²) in [6.07, 6.45) is 23.2. The Labute approximate surface area is 360 Å². The van der Waals surface area contributed by atoms with Crippen molar-refractivity contribution in [1.82, 2.24) is 0 Å². The molecule has 0 bridgehead atoms. The van der Waals surface area contributed by atoms with Gasteiger partial charge in [0.05, 0.1) is 39.3 Å². The molecule has 0 aliphatic heterocycles. The zero-order valence-electron chi connectivity index (χ0n) is 36.6. The molecule has 2 N–H and O–H groups in total. The second-order valence-corrected chi connectivity index (χ2v) is 18.4. The zero-order valence-corrected chi connectivity index (χ0v) is 38.3. The predicted molar refractivity (Wildman–Crippen MR) is 228 cm³/mol. The van der Waals surface area contributed by atoms with Crippen LogP contribution >= 0.6 is 0 Å². The van der Waals surface area contributed by atoms with Gasteiger partial charge in [0.2, 0.25) is 0 Å². The van der Waals surface area contributed by atoms with Crippen molar-refractivity contribution >= 4 is 44.1 Å². The van der Waals surface area contributed by atoms with Crippen molar-refractivity contribution in [1.29, 1.82) is 0 Å². The van der Waals surface area contributed by atoms with Crippen molar-refractivity contribution in [2.24, 2.45) is 0 Å². The van der Waals surface area contributed by atoms with E-state index in [-0.39, 0.29) is 39.6 Å². The van der Waals surface area contributed by atoms with Gasteiger partial charge >= 0.3 is 23.9 Å². The fraction of sp³-hybridized carbons (Fsp3) is 0.905. The van der Waals surface area contributed by atoms with Crippen LogP contribution in [0.3, 0.4) is 0 Å². The summed E-state index contributed by atoms with van der Waals surface area (Å²) in [7, 11) is -9.80. The molecule has 354 valence electrons. The molecule has 0 aromatic rings. The third-order valence-corrected chi connectivity index (χ3v) is 11.9. The lowest BCUT2D eigenvalue weighted by Crippen LogP contribution is -2.35. The number of hydrogen-bond acceptors (Lipinski definition) is 14. The van der Waals surface area contributed by atoms with Gasteiger partial charge in [-0.3, -0.25) is 28.3 Å². The monoisotopic (exact) mass is 902 g/mol. The molecule has 0 spiro atoms. The van der Waals surface area contributed by atoms with Gasteiger partial charge in [0.25, 0.3) is 20.2 Å². The number of unbranched alkanes of at least 4 members (excludes halogenated alkanes) is 21. The van der Waals surface area contributed by atoms with E-state index in [9.17, 15) is 45.1 Å². The fourth-order valence-corrected chi connectivity index (χ4v) is 7.46. The molecule has 0 saturated heterocycles. The molecular weight excluding hydrogens is 825 g/mol. The fourth-order valence-electron chi connectivity index (χ4n) is 6.15. The van der Waals surface area contributed by atoms with Crippen LogP contribution in [0.25, 0.3) is 0 Å². The molecule has 0 fully saturated rings. The molecular formula is C42H78O16S2. The number of carbonyl (C=O) groups is 4. The van der Waals surface area contributed by atoms with Gasteiger partial charge < -0.3 is 28.4 Å². The molecule has 2 atom stereocenters. The van der Waals surface area contributed by atoms with E-state index in [1.54, 1.807) is 0 Å². The number of hydrogen-bond donors (Lipinski definition) is 2. The summed E-state index contributed by atoms with van der Waals surface area (Å²) >= 11 is 0. The number of esters is 4. The topological polar surface area (TPSA) is 232 Å². The molecule has 0 radical (unpaired) electrons. The highest BCUT2D eigenvalue weighted by atomic mass is 32.2. The third-order valence-electron chi connectivity index (χ3n) is 9.74. The summed E-state index contributed by atoms with van der Waals surface area (Å²) < 4.78 is 96.7. The highest BCUT2D eigenvalue weighted by Crippen LogP contribution is 2.14. The van der Waals surface area contributed by atoms with Gasteiger partial charge in [-0.15, -0.1) is 0 Å². The summed E-state index contributed by atoms with van der Waals surface area (Å²) in [5.41, 5.74) is 0. The summed E-state index contributed by atoms with van der Waals surface area (Å²) in [5.74, 6) is -4.35. The lowest BCUT2D eigenvalue weighted by Gasteiger charge is -2.13. The molecule has 0 aliphatic carbocycles. The summed E-state index contributed by atoms with van der Waals surface area (Å²) in [6, 6.07) is 0. The van der Waals surface area contributed by atoms with Crippen LogP contribution in [0.1, 0.15) is 181 Å². The lowest BCUT2D eigenvalue weighted by atomic mass is 10.1. The number of ether oxygens (including phenoxy) is 6. The Morgan fingerprint density at radius 3 is 0.917 bits per heavy atom. The maximum absolute atomic E-state index is 12.3. The van der Waals surface area contributed by atoms with Gasteiger partial charge in [-0.1, -0.05) is 142 Å². The van der Waals surface area contributed by atoms with Gasteiger partial charge in [0.15, 0.2) is 10.5 Å². The van der Waals surface area contributed by atoms with Crippen molar-refractivity contribution in [3.8, 4) is 0 Å². The van der Waals surface area contributed by atoms with Crippen molar-refractivity contribution in [2.45, 2.75) is 191 Å². The third kappa shape index (κ3) is 35.2. The Morgan fingerprint density at radius 1 is 0.367 bits per heavy atom. The Morgan fingerprint density at radius 2 is 0.633 bits per heavy atom. The summed E-state index contributed by atoms with van der Waals surface area (Å²) in [6.45, 7) is 4.66. The smallest absolute Gasteiger partial charge is 0.327 e. The molecule has 0 aromatic heterocycles. The first-order valence-corrected chi connectivity index (χ1v) is 25.5. The second kappa shape index (κ2) is 38.3. The molecule has 16 nitrogen and oxygen atoms in total. The standard InChI is InChI=1S/C42H78O16S2/c1-3-5-7-9-11-13-15-17-19-25-29-55-39(43)35-37(59(47,48)49)41(45)57-33-31-53-27-23-21-22-24-28-54-32-34-58-42(46)38(60(50,51)52)36-40(44)56-30-26-20-18-16-14-12-10-8-6-4-2/h37-38H,3-36H2,1-2H3,(H,47,48,49)(H,50,51,52). The number of carbonyl (C=O) groups excluding carboxylic acids is 4. The molecule has 0 amide bonds. The molecule has 0 saturated carbocycles. The minimum Gasteiger partial charge on any atom is -0.466 e. The van der Waals surface area contributed by atoms with Gasteiger partial charge in [-0.25, -0.2) is 0 Å². The quantitative estimate of drug-likeness (QED) is 0.0256. The molecule has 0 rings (SSSR count). The van der Waals surface area contributed by atoms with Gasteiger partial charge in [-0.05, 0) is 25.7 Å². The van der Waals surface area contributed by atoms with E-state index in [1.165, 1.54) is 77.0 Å². The van der Waals surface area contributed by atoms with Gasteiger partial charge in [-0.2, -0.15) is 16.8 Å². The Hall–Kier alpha value is -2.38. The highest BCUT2D eigenvalue weighted by Gasteiger charge is 2.36. The van der Waals surface area contributed by atoms with Crippen LogP contribution in [0.15, 0.2) is 0 Å². The first-order chi connectivity index (χ1) is 28.7. The normalized spacial score (nSPS) is 12.8. The average Bonchev–Trinajstić information content (AvgIpc) is 3.19. The minimum atomic E-state index is -4.90. The number of rotatable bonds is 43. The molecule has 60 heavy (non-hydrogen) atoms.